The Labute approximate surface area is 116 Å². The van der Waals surface area contributed by atoms with Crippen LogP contribution in [0.15, 0.2) is 0 Å². The highest BCUT2D eigenvalue weighted by atomic mass is 16.5. The summed E-state index contributed by atoms with van der Waals surface area (Å²) >= 11 is 0. The van der Waals surface area contributed by atoms with Crippen molar-refractivity contribution in [1.29, 1.82) is 0 Å². The van der Waals surface area contributed by atoms with Gasteiger partial charge < -0.3 is 10.5 Å². The molecule has 1 aromatic heterocycles. The third-order valence-electron chi connectivity index (χ3n) is 3.49. The highest BCUT2D eigenvalue weighted by Crippen LogP contribution is 2.26. The van der Waals surface area contributed by atoms with Gasteiger partial charge in [-0.1, -0.05) is 19.3 Å². The van der Waals surface area contributed by atoms with Crippen molar-refractivity contribution in [3.63, 3.8) is 0 Å². The fourth-order valence-corrected chi connectivity index (χ4v) is 2.27. The summed E-state index contributed by atoms with van der Waals surface area (Å²) in [6, 6.07) is 0. The molecule has 0 aliphatic heterocycles. The molecule has 20 heavy (non-hydrogen) atoms. The lowest BCUT2D eigenvalue weighted by Crippen LogP contribution is -2.52. The molecule has 0 unspecified atom stereocenters. The molecule has 1 heterocycles. The summed E-state index contributed by atoms with van der Waals surface area (Å²) in [4.78, 5) is 27.3. The standard InChI is InChI=1S/C12H19N5O3/c1-20-9(18)7-8-14-11(17-16-8)15-10(19)12(13)5-3-2-4-6-12/h2-7,13H2,1H3,(H2,14,15,16,17,19). The van der Waals surface area contributed by atoms with Gasteiger partial charge in [-0.2, -0.15) is 4.98 Å². The van der Waals surface area contributed by atoms with Crippen LogP contribution in [0.4, 0.5) is 5.95 Å². The van der Waals surface area contributed by atoms with Crippen molar-refractivity contribution in [3.8, 4) is 0 Å². The van der Waals surface area contributed by atoms with E-state index in [1.165, 1.54) is 7.11 Å². The molecule has 1 aliphatic rings. The van der Waals surface area contributed by atoms with Gasteiger partial charge in [-0.3, -0.25) is 20.0 Å². The van der Waals surface area contributed by atoms with Crippen LogP contribution >= 0.6 is 0 Å². The Morgan fingerprint density at radius 1 is 1.40 bits per heavy atom. The summed E-state index contributed by atoms with van der Waals surface area (Å²) in [5.74, 6) is -0.242. The Kier molecular flexibility index (Phi) is 4.33. The first-order valence-corrected chi connectivity index (χ1v) is 6.62. The maximum atomic E-state index is 12.2. The van der Waals surface area contributed by atoms with Crippen molar-refractivity contribution in [1.82, 2.24) is 15.2 Å². The molecular weight excluding hydrogens is 262 g/mol. The van der Waals surface area contributed by atoms with Crippen molar-refractivity contribution in [3.05, 3.63) is 5.82 Å². The molecule has 8 heteroatoms. The van der Waals surface area contributed by atoms with Crippen molar-refractivity contribution < 1.29 is 14.3 Å². The van der Waals surface area contributed by atoms with Gasteiger partial charge in [-0.05, 0) is 12.8 Å². The molecule has 1 aliphatic carbocycles. The van der Waals surface area contributed by atoms with E-state index in [1.807, 2.05) is 0 Å². The number of rotatable bonds is 4. The molecular formula is C12H19N5O3. The van der Waals surface area contributed by atoms with Crippen LogP contribution < -0.4 is 11.1 Å². The van der Waals surface area contributed by atoms with E-state index in [1.54, 1.807) is 0 Å². The fourth-order valence-electron chi connectivity index (χ4n) is 2.27. The van der Waals surface area contributed by atoms with Crippen molar-refractivity contribution >= 4 is 17.8 Å². The molecule has 0 atom stereocenters. The number of aromatic nitrogens is 3. The molecule has 1 aromatic rings. The number of nitrogens with zero attached hydrogens (tertiary/aromatic N) is 2. The van der Waals surface area contributed by atoms with Gasteiger partial charge >= 0.3 is 5.97 Å². The highest BCUT2D eigenvalue weighted by Gasteiger charge is 2.35. The number of amides is 1. The van der Waals surface area contributed by atoms with E-state index in [4.69, 9.17) is 5.73 Å². The first-order valence-electron chi connectivity index (χ1n) is 6.62. The van der Waals surface area contributed by atoms with Crippen molar-refractivity contribution in [2.24, 2.45) is 5.73 Å². The molecule has 0 bridgehead atoms. The lowest BCUT2D eigenvalue weighted by molar-refractivity contribution is -0.139. The topological polar surface area (TPSA) is 123 Å². The summed E-state index contributed by atoms with van der Waals surface area (Å²) in [6.45, 7) is 0. The number of H-pyrrole nitrogens is 1. The molecule has 8 nitrogen and oxygen atoms in total. The highest BCUT2D eigenvalue weighted by molar-refractivity contribution is 5.96. The van der Waals surface area contributed by atoms with E-state index in [0.29, 0.717) is 18.7 Å². The number of hydrogen-bond donors (Lipinski definition) is 3. The zero-order valence-electron chi connectivity index (χ0n) is 11.4. The van der Waals surface area contributed by atoms with Gasteiger partial charge in [0.2, 0.25) is 11.9 Å². The molecule has 1 amide bonds. The number of hydrogen-bond acceptors (Lipinski definition) is 6. The van der Waals surface area contributed by atoms with E-state index in [2.05, 4.69) is 25.2 Å². The SMILES string of the molecule is COC(=O)Cc1nc(NC(=O)C2(N)CCCCC2)n[nH]1. The summed E-state index contributed by atoms with van der Waals surface area (Å²) in [5, 5.41) is 9.01. The predicted molar refractivity (Wildman–Crippen MR) is 70.7 cm³/mol. The average molecular weight is 281 g/mol. The number of carbonyl (C=O) groups excluding carboxylic acids is 2. The third-order valence-corrected chi connectivity index (χ3v) is 3.49. The molecule has 0 spiro atoms. The zero-order valence-corrected chi connectivity index (χ0v) is 11.4. The van der Waals surface area contributed by atoms with Gasteiger partial charge in [0.15, 0.2) is 0 Å². The summed E-state index contributed by atoms with van der Waals surface area (Å²) in [5.41, 5.74) is 5.26. The van der Waals surface area contributed by atoms with Gasteiger partial charge in [0.1, 0.15) is 12.2 Å². The largest absolute Gasteiger partial charge is 0.469 e. The minimum absolute atomic E-state index is 0.0207. The van der Waals surface area contributed by atoms with E-state index in [9.17, 15) is 9.59 Å². The van der Waals surface area contributed by atoms with Gasteiger partial charge in [-0.15, -0.1) is 5.10 Å². The Hall–Kier alpha value is -1.96. The van der Waals surface area contributed by atoms with Crippen molar-refractivity contribution in [2.45, 2.75) is 44.1 Å². The quantitative estimate of drug-likeness (QED) is 0.674. The molecule has 1 saturated carbocycles. The fraction of sp³-hybridized carbons (Fsp3) is 0.667. The maximum Gasteiger partial charge on any atom is 0.313 e. The van der Waals surface area contributed by atoms with Crippen LogP contribution in [-0.2, 0) is 20.7 Å². The molecule has 0 aromatic carbocycles. The van der Waals surface area contributed by atoms with E-state index >= 15 is 0 Å². The van der Waals surface area contributed by atoms with Crippen LogP contribution in [0.5, 0.6) is 0 Å². The van der Waals surface area contributed by atoms with Crippen LogP contribution in [0.2, 0.25) is 0 Å². The average Bonchev–Trinajstić information content (AvgIpc) is 2.86. The van der Waals surface area contributed by atoms with E-state index in [-0.39, 0.29) is 18.3 Å². The Morgan fingerprint density at radius 2 is 2.10 bits per heavy atom. The maximum absolute atomic E-state index is 12.2. The van der Waals surface area contributed by atoms with Gasteiger partial charge in [0.25, 0.3) is 0 Å². The van der Waals surface area contributed by atoms with Crippen molar-refractivity contribution in [2.75, 3.05) is 12.4 Å². The second kappa shape index (κ2) is 6.00. The smallest absolute Gasteiger partial charge is 0.313 e. The van der Waals surface area contributed by atoms with Crippen LogP contribution in [0.1, 0.15) is 37.9 Å². The molecule has 4 N–H and O–H groups in total. The predicted octanol–water partition coefficient (Wildman–Crippen LogP) is 0.120. The number of esters is 1. The van der Waals surface area contributed by atoms with Gasteiger partial charge in [0.05, 0.1) is 12.6 Å². The zero-order chi connectivity index (χ0) is 14.6. The molecule has 2 rings (SSSR count). The lowest BCUT2D eigenvalue weighted by atomic mass is 9.82. The number of nitrogens with one attached hydrogen (secondary N) is 2. The number of methoxy groups -OCH3 is 1. The molecule has 0 saturated heterocycles. The second-order valence-electron chi connectivity index (χ2n) is 5.03. The molecule has 0 radical (unpaired) electrons. The number of aromatic amines is 1. The van der Waals surface area contributed by atoms with Crippen LogP contribution in [0.3, 0.4) is 0 Å². The Morgan fingerprint density at radius 3 is 2.75 bits per heavy atom. The molecule has 110 valence electrons. The summed E-state index contributed by atoms with van der Waals surface area (Å²) in [6.07, 6.45) is 4.32. The van der Waals surface area contributed by atoms with Crippen LogP contribution in [0, 0.1) is 0 Å². The van der Waals surface area contributed by atoms with Gasteiger partial charge in [0, 0.05) is 0 Å². The first kappa shape index (κ1) is 14.4. The van der Waals surface area contributed by atoms with E-state index < -0.39 is 11.5 Å². The third kappa shape index (κ3) is 3.32. The Balaban J connectivity index is 1.96. The van der Waals surface area contributed by atoms with Crippen LogP contribution in [-0.4, -0.2) is 39.7 Å². The van der Waals surface area contributed by atoms with E-state index in [0.717, 1.165) is 19.3 Å². The number of nitrogens with two attached hydrogens (primary N) is 1. The lowest BCUT2D eigenvalue weighted by Gasteiger charge is -2.31. The number of ether oxygens (including phenoxy) is 1. The summed E-state index contributed by atoms with van der Waals surface area (Å²) in [7, 11) is 1.29. The second-order valence-corrected chi connectivity index (χ2v) is 5.03. The monoisotopic (exact) mass is 281 g/mol. The minimum atomic E-state index is -0.846. The Bertz CT molecular complexity index is 493. The summed E-state index contributed by atoms with van der Waals surface area (Å²) < 4.78 is 4.52. The first-order chi connectivity index (χ1) is 9.53. The molecule has 1 fully saturated rings. The number of carbonyl (C=O) groups is 2. The minimum Gasteiger partial charge on any atom is -0.469 e. The number of anilines is 1. The van der Waals surface area contributed by atoms with Gasteiger partial charge in [-0.25, -0.2) is 0 Å². The normalized spacial score (nSPS) is 17.5. The van der Waals surface area contributed by atoms with Crippen LogP contribution in [0.25, 0.3) is 0 Å².